The van der Waals surface area contributed by atoms with Gasteiger partial charge in [0.05, 0.1) is 0 Å². The lowest BCUT2D eigenvalue weighted by atomic mass is 10.0. The van der Waals surface area contributed by atoms with Crippen molar-refractivity contribution in [2.24, 2.45) is 0 Å². The van der Waals surface area contributed by atoms with E-state index in [1.165, 1.54) is 18.4 Å². The Balaban J connectivity index is 2.26. The predicted molar refractivity (Wildman–Crippen MR) is 89.1 cm³/mol. The van der Waals surface area contributed by atoms with Gasteiger partial charge in [-0.25, -0.2) is 9.97 Å². The van der Waals surface area contributed by atoms with Crippen LogP contribution in [0.2, 0.25) is 0 Å². The summed E-state index contributed by atoms with van der Waals surface area (Å²) < 4.78 is 0. The molecule has 0 bridgehead atoms. The average Bonchev–Trinajstić information content (AvgIpc) is 2.49. The second-order valence-electron chi connectivity index (χ2n) is 6.01. The smallest absolute Gasteiger partial charge is 0.137 e. The Morgan fingerprint density at radius 1 is 1.33 bits per heavy atom. The van der Waals surface area contributed by atoms with Gasteiger partial charge in [0, 0.05) is 31.2 Å². The molecule has 1 saturated heterocycles. The summed E-state index contributed by atoms with van der Waals surface area (Å²) >= 11 is 0. The first-order valence-corrected chi connectivity index (χ1v) is 8.16. The molecule has 1 aliphatic rings. The summed E-state index contributed by atoms with van der Waals surface area (Å²) in [4.78, 5) is 13.8. The van der Waals surface area contributed by atoms with Crippen LogP contribution < -0.4 is 10.2 Å². The van der Waals surface area contributed by atoms with Crippen molar-refractivity contribution in [3.63, 3.8) is 0 Å². The maximum Gasteiger partial charge on any atom is 0.137 e. The van der Waals surface area contributed by atoms with Gasteiger partial charge in [-0.1, -0.05) is 13.3 Å². The Morgan fingerprint density at radius 3 is 2.81 bits per heavy atom. The molecule has 1 atom stereocenters. The molecule has 0 saturated carbocycles. The number of hydrogen-bond donors (Lipinski definition) is 1. The van der Waals surface area contributed by atoms with E-state index in [4.69, 9.17) is 0 Å². The van der Waals surface area contributed by atoms with Gasteiger partial charge in [-0.3, -0.25) is 0 Å². The summed E-state index contributed by atoms with van der Waals surface area (Å²) in [5, 5.41) is 3.39. The first-order chi connectivity index (χ1) is 10.2. The van der Waals surface area contributed by atoms with Gasteiger partial charge < -0.3 is 15.1 Å². The Morgan fingerprint density at radius 2 is 2.14 bits per heavy atom. The van der Waals surface area contributed by atoms with E-state index in [-0.39, 0.29) is 0 Å². The summed E-state index contributed by atoms with van der Waals surface area (Å²) in [7, 11) is 4.34. The van der Waals surface area contributed by atoms with Crippen molar-refractivity contribution in [1.29, 1.82) is 0 Å². The molecule has 1 aromatic heterocycles. The summed E-state index contributed by atoms with van der Waals surface area (Å²) in [6.45, 7) is 7.38. The molecule has 1 aliphatic heterocycles. The van der Waals surface area contributed by atoms with Gasteiger partial charge in [0.2, 0.25) is 0 Å². The minimum absolute atomic E-state index is 0.616. The Bertz CT molecular complexity index is 446. The first kappa shape index (κ1) is 16.0. The van der Waals surface area contributed by atoms with Gasteiger partial charge in [0.25, 0.3) is 0 Å². The van der Waals surface area contributed by atoms with Crippen molar-refractivity contribution in [2.75, 3.05) is 43.9 Å². The molecule has 5 nitrogen and oxygen atoms in total. The minimum Gasteiger partial charge on any atom is -0.370 e. The molecular weight excluding hydrogens is 262 g/mol. The number of piperidine rings is 1. The summed E-state index contributed by atoms with van der Waals surface area (Å²) in [5.41, 5.74) is 1.28. The summed E-state index contributed by atoms with van der Waals surface area (Å²) in [6, 6.07) is 0.616. The number of aromatic nitrogens is 2. The second-order valence-corrected chi connectivity index (χ2v) is 6.01. The molecule has 5 heteroatoms. The van der Waals surface area contributed by atoms with Crippen molar-refractivity contribution in [3.8, 4) is 0 Å². The molecule has 0 aliphatic carbocycles. The third kappa shape index (κ3) is 3.84. The zero-order valence-corrected chi connectivity index (χ0v) is 13.9. The highest BCUT2D eigenvalue weighted by Crippen LogP contribution is 2.28. The van der Waals surface area contributed by atoms with Crippen LogP contribution in [0.1, 0.15) is 38.7 Å². The molecule has 1 N–H and O–H groups in total. The van der Waals surface area contributed by atoms with Gasteiger partial charge in [-0.2, -0.15) is 0 Å². The third-order valence-corrected chi connectivity index (χ3v) is 4.19. The summed E-state index contributed by atoms with van der Waals surface area (Å²) in [6.07, 6.45) is 6.35. The van der Waals surface area contributed by atoms with Crippen LogP contribution in [0, 0.1) is 0 Å². The molecule has 1 aromatic rings. The summed E-state index contributed by atoms with van der Waals surface area (Å²) in [5.74, 6) is 2.14. The zero-order valence-electron chi connectivity index (χ0n) is 13.9. The first-order valence-electron chi connectivity index (χ1n) is 8.16. The Labute approximate surface area is 128 Å². The van der Waals surface area contributed by atoms with E-state index in [2.05, 4.69) is 53.0 Å². The van der Waals surface area contributed by atoms with E-state index < -0.39 is 0 Å². The fourth-order valence-corrected chi connectivity index (χ4v) is 3.04. The Hall–Kier alpha value is -1.36. The molecule has 0 amide bonds. The molecule has 0 aromatic carbocycles. The fraction of sp³-hybridized carbons (Fsp3) is 0.750. The zero-order chi connectivity index (χ0) is 15.2. The molecule has 118 valence electrons. The third-order valence-electron chi connectivity index (χ3n) is 4.19. The van der Waals surface area contributed by atoms with Gasteiger partial charge in [0.1, 0.15) is 18.0 Å². The predicted octanol–water partition coefficient (Wildman–Crippen LogP) is 2.39. The van der Waals surface area contributed by atoms with Crippen LogP contribution in [-0.2, 0) is 6.42 Å². The quantitative estimate of drug-likeness (QED) is 0.872. The topological polar surface area (TPSA) is 44.3 Å². The van der Waals surface area contributed by atoms with E-state index in [0.717, 1.165) is 44.1 Å². The molecule has 2 rings (SSSR count). The SMILES string of the molecule is CCCc1c(NCC)ncnc1N1CCCC(N(C)C)C1. The number of likely N-dealkylation sites (N-methyl/N-ethyl adjacent to an activating group) is 1. The lowest BCUT2D eigenvalue weighted by Gasteiger charge is -2.37. The number of nitrogens with zero attached hydrogens (tertiary/aromatic N) is 4. The van der Waals surface area contributed by atoms with Crippen LogP contribution in [-0.4, -0.2) is 54.6 Å². The monoisotopic (exact) mass is 291 g/mol. The lowest BCUT2D eigenvalue weighted by molar-refractivity contribution is 0.257. The van der Waals surface area contributed by atoms with Crippen LogP contribution in [0.25, 0.3) is 0 Å². The second kappa shape index (κ2) is 7.59. The fourth-order valence-electron chi connectivity index (χ4n) is 3.04. The van der Waals surface area contributed by atoms with Gasteiger partial charge >= 0.3 is 0 Å². The standard InChI is InChI=1S/C16H29N5/c1-5-8-14-15(17-6-2)18-12-19-16(14)21-10-7-9-13(11-21)20(3)4/h12-13H,5-11H2,1-4H3,(H,17,18,19). The van der Waals surface area contributed by atoms with Crippen molar-refractivity contribution in [2.45, 2.75) is 45.6 Å². The minimum atomic E-state index is 0.616. The number of hydrogen-bond acceptors (Lipinski definition) is 5. The highest BCUT2D eigenvalue weighted by atomic mass is 15.2. The van der Waals surface area contributed by atoms with Gasteiger partial charge in [-0.05, 0) is 40.3 Å². The van der Waals surface area contributed by atoms with E-state index >= 15 is 0 Å². The molecular formula is C16H29N5. The highest BCUT2D eigenvalue weighted by Gasteiger charge is 2.24. The largest absolute Gasteiger partial charge is 0.370 e. The molecule has 1 fully saturated rings. The number of nitrogens with one attached hydrogen (secondary N) is 1. The van der Waals surface area contributed by atoms with Crippen molar-refractivity contribution in [1.82, 2.24) is 14.9 Å². The van der Waals surface area contributed by atoms with E-state index in [1.807, 2.05) is 0 Å². The number of anilines is 2. The average molecular weight is 291 g/mol. The normalized spacial score (nSPS) is 19.1. The van der Waals surface area contributed by atoms with Crippen LogP contribution in [0.5, 0.6) is 0 Å². The maximum atomic E-state index is 4.61. The van der Waals surface area contributed by atoms with Crippen LogP contribution >= 0.6 is 0 Å². The van der Waals surface area contributed by atoms with Crippen LogP contribution in [0.3, 0.4) is 0 Å². The molecule has 1 unspecified atom stereocenters. The van der Waals surface area contributed by atoms with E-state index in [0.29, 0.717) is 6.04 Å². The van der Waals surface area contributed by atoms with E-state index in [1.54, 1.807) is 6.33 Å². The van der Waals surface area contributed by atoms with Crippen molar-refractivity contribution < 1.29 is 0 Å². The van der Waals surface area contributed by atoms with Crippen molar-refractivity contribution >= 4 is 11.6 Å². The van der Waals surface area contributed by atoms with Gasteiger partial charge in [-0.15, -0.1) is 0 Å². The van der Waals surface area contributed by atoms with Crippen molar-refractivity contribution in [3.05, 3.63) is 11.9 Å². The maximum absolute atomic E-state index is 4.61. The molecule has 2 heterocycles. The lowest BCUT2D eigenvalue weighted by Crippen LogP contribution is -2.45. The van der Waals surface area contributed by atoms with Gasteiger partial charge in [0.15, 0.2) is 0 Å². The Kier molecular flexibility index (Phi) is 5.79. The number of rotatable bonds is 6. The van der Waals surface area contributed by atoms with E-state index in [9.17, 15) is 0 Å². The molecule has 0 spiro atoms. The molecule has 0 radical (unpaired) electrons. The highest BCUT2D eigenvalue weighted by molar-refractivity contribution is 5.59. The van der Waals surface area contributed by atoms with Crippen LogP contribution in [0.4, 0.5) is 11.6 Å². The van der Waals surface area contributed by atoms with Crippen LogP contribution in [0.15, 0.2) is 6.33 Å². The molecule has 21 heavy (non-hydrogen) atoms.